The van der Waals surface area contributed by atoms with Crippen LogP contribution in [0, 0.1) is 17.6 Å². The first-order valence-electron chi connectivity index (χ1n) is 8.10. The van der Waals surface area contributed by atoms with Gasteiger partial charge in [0.1, 0.15) is 11.6 Å². The smallest absolute Gasteiger partial charge is 0.129 e. The van der Waals surface area contributed by atoms with E-state index >= 15 is 0 Å². The Kier molecular flexibility index (Phi) is 4.76. The highest BCUT2D eigenvalue weighted by atomic mass is 19.1. The van der Waals surface area contributed by atoms with Crippen molar-refractivity contribution in [2.75, 3.05) is 33.2 Å². The number of piperidine rings is 2. The van der Waals surface area contributed by atoms with E-state index < -0.39 is 17.7 Å². The molecule has 3 unspecified atom stereocenters. The highest BCUT2D eigenvalue weighted by molar-refractivity contribution is 5.21. The normalized spacial score (nSPS) is 28.4. The molecule has 1 N–H and O–H groups in total. The molecule has 3 nitrogen and oxygen atoms in total. The van der Waals surface area contributed by atoms with Crippen molar-refractivity contribution >= 4 is 0 Å². The topological polar surface area (TPSA) is 26.7 Å². The lowest BCUT2D eigenvalue weighted by atomic mass is 9.84. The van der Waals surface area contributed by atoms with Gasteiger partial charge in [-0.3, -0.25) is 0 Å². The molecule has 3 atom stereocenters. The third-order valence-electron chi connectivity index (χ3n) is 5.18. The molecule has 2 aliphatic heterocycles. The van der Waals surface area contributed by atoms with Crippen LogP contribution in [0.2, 0.25) is 0 Å². The molecular formula is C17H24F2N2O. The molecule has 0 bridgehead atoms. The fraction of sp³-hybridized carbons (Fsp3) is 0.647. The Hall–Kier alpha value is -1.04. The number of fused-ring (bicyclic) bond motifs is 1. The highest BCUT2D eigenvalue weighted by Gasteiger charge is 2.34. The largest absolute Gasteiger partial charge is 0.387 e. The first-order valence-corrected chi connectivity index (χ1v) is 8.10. The maximum atomic E-state index is 13.7. The van der Waals surface area contributed by atoms with E-state index in [9.17, 15) is 13.9 Å². The van der Waals surface area contributed by atoms with Crippen LogP contribution in [0.4, 0.5) is 8.78 Å². The SMILES string of the molecule is CN1CCCC2CN(CC(O)c3cc(F)ccc3F)CCC21. The fourth-order valence-electron chi connectivity index (χ4n) is 4.01. The molecule has 2 heterocycles. The van der Waals surface area contributed by atoms with Crippen molar-refractivity contribution in [3.05, 3.63) is 35.4 Å². The predicted molar refractivity (Wildman–Crippen MR) is 81.5 cm³/mol. The summed E-state index contributed by atoms with van der Waals surface area (Å²) in [6, 6.07) is 3.89. The highest BCUT2D eigenvalue weighted by Crippen LogP contribution is 2.30. The number of nitrogens with zero attached hydrogens (tertiary/aromatic N) is 2. The Morgan fingerprint density at radius 3 is 2.91 bits per heavy atom. The van der Waals surface area contributed by atoms with E-state index in [0.29, 0.717) is 18.5 Å². The minimum atomic E-state index is -0.978. The van der Waals surface area contributed by atoms with Crippen LogP contribution in [-0.4, -0.2) is 54.2 Å². The average molecular weight is 310 g/mol. The molecule has 0 amide bonds. The maximum absolute atomic E-state index is 13.7. The van der Waals surface area contributed by atoms with E-state index in [-0.39, 0.29) is 5.56 Å². The lowest BCUT2D eigenvalue weighted by Gasteiger charge is -2.46. The summed E-state index contributed by atoms with van der Waals surface area (Å²) in [6.45, 7) is 3.37. The number of aliphatic hydroxyl groups excluding tert-OH is 1. The minimum absolute atomic E-state index is 0.0582. The second kappa shape index (κ2) is 6.60. The van der Waals surface area contributed by atoms with Crippen molar-refractivity contribution in [1.82, 2.24) is 9.80 Å². The van der Waals surface area contributed by atoms with Crippen LogP contribution in [0.1, 0.15) is 30.9 Å². The lowest BCUT2D eigenvalue weighted by Crippen LogP contribution is -2.53. The quantitative estimate of drug-likeness (QED) is 0.929. The first kappa shape index (κ1) is 15.8. The zero-order valence-electron chi connectivity index (χ0n) is 13.0. The summed E-state index contributed by atoms with van der Waals surface area (Å²) in [7, 11) is 2.18. The molecule has 2 saturated heterocycles. The van der Waals surface area contributed by atoms with Crippen molar-refractivity contribution in [3.63, 3.8) is 0 Å². The van der Waals surface area contributed by atoms with Gasteiger partial charge in [-0.15, -0.1) is 0 Å². The standard InChI is InChI=1S/C17H24F2N2O/c1-20-7-2-3-12-10-21(8-6-16(12)20)11-17(22)14-9-13(18)4-5-15(14)19/h4-5,9,12,16-17,22H,2-3,6-8,10-11H2,1H3. The number of hydrogen-bond donors (Lipinski definition) is 1. The summed E-state index contributed by atoms with van der Waals surface area (Å²) >= 11 is 0. The molecule has 3 rings (SSSR count). The molecule has 0 aromatic heterocycles. The summed E-state index contributed by atoms with van der Waals surface area (Å²) in [5.74, 6) is -0.429. The molecule has 0 radical (unpaired) electrons. The van der Waals surface area contributed by atoms with Gasteiger partial charge in [0.05, 0.1) is 6.10 Å². The van der Waals surface area contributed by atoms with Gasteiger partial charge in [0.15, 0.2) is 0 Å². The summed E-state index contributed by atoms with van der Waals surface area (Å²) in [5, 5.41) is 10.3. The Labute approximate surface area is 130 Å². The average Bonchev–Trinajstić information content (AvgIpc) is 2.50. The molecule has 5 heteroatoms. The molecule has 122 valence electrons. The Morgan fingerprint density at radius 2 is 2.09 bits per heavy atom. The van der Waals surface area contributed by atoms with Gasteiger partial charge in [0.2, 0.25) is 0 Å². The number of aliphatic hydroxyl groups is 1. The van der Waals surface area contributed by atoms with Crippen LogP contribution >= 0.6 is 0 Å². The number of β-amino-alcohol motifs (C(OH)–C–C–N with tert-alkyl or cyclic N) is 1. The van der Waals surface area contributed by atoms with Gasteiger partial charge >= 0.3 is 0 Å². The van der Waals surface area contributed by atoms with Gasteiger partial charge in [-0.05, 0) is 63.5 Å². The monoisotopic (exact) mass is 310 g/mol. The minimum Gasteiger partial charge on any atom is -0.387 e. The molecule has 0 aliphatic carbocycles. The summed E-state index contributed by atoms with van der Waals surface area (Å²) in [6.07, 6.45) is 2.54. The van der Waals surface area contributed by atoms with Crippen molar-refractivity contribution in [1.29, 1.82) is 0 Å². The predicted octanol–water partition coefficient (Wildman–Crippen LogP) is 2.41. The van der Waals surface area contributed by atoms with E-state index in [0.717, 1.165) is 44.3 Å². The van der Waals surface area contributed by atoms with Crippen LogP contribution in [0.25, 0.3) is 0 Å². The van der Waals surface area contributed by atoms with Gasteiger partial charge in [-0.25, -0.2) is 8.78 Å². The Morgan fingerprint density at radius 1 is 1.27 bits per heavy atom. The van der Waals surface area contributed by atoms with E-state index in [1.165, 1.54) is 12.8 Å². The van der Waals surface area contributed by atoms with Crippen LogP contribution in [0.5, 0.6) is 0 Å². The van der Waals surface area contributed by atoms with E-state index in [2.05, 4.69) is 16.8 Å². The second-order valence-electron chi connectivity index (χ2n) is 6.68. The van der Waals surface area contributed by atoms with Crippen molar-refractivity contribution in [2.45, 2.75) is 31.4 Å². The third-order valence-corrected chi connectivity index (χ3v) is 5.18. The number of likely N-dealkylation sites (tertiary alicyclic amines) is 2. The summed E-state index contributed by atoms with van der Waals surface area (Å²) in [4.78, 5) is 4.63. The number of halogens is 2. The summed E-state index contributed by atoms with van der Waals surface area (Å²) in [5.41, 5.74) is 0.0582. The molecule has 0 spiro atoms. The van der Waals surface area contributed by atoms with Gasteiger partial charge in [-0.1, -0.05) is 0 Å². The molecule has 22 heavy (non-hydrogen) atoms. The molecule has 0 saturated carbocycles. The zero-order chi connectivity index (χ0) is 15.7. The molecule has 2 aliphatic rings. The van der Waals surface area contributed by atoms with Crippen LogP contribution in [0.3, 0.4) is 0 Å². The Balaban J connectivity index is 1.63. The number of benzene rings is 1. The van der Waals surface area contributed by atoms with E-state index in [4.69, 9.17) is 0 Å². The fourth-order valence-corrected chi connectivity index (χ4v) is 4.01. The Bertz CT molecular complexity index is 525. The van der Waals surface area contributed by atoms with E-state index in [1.807, 2.05) is 0 Å². The number of hydrogen-bond acceptors (Lipinski definition) is 3. The van der Waals surface area contributed by atoms with Crippen molar-refractivity contribution in [3.8, 4) is 0 Å². The second-order valence-corrected chi connectivity index (χ2v) is 6.68. The van der Waals surface area contributed by atoms with Gasteiger partial charge < -0.3 is 14.9 Å². The van der Waals surface area contributed by atoms with Gasteiger partial charge in [0.25, 0.3) is 0 Å². The van der Waals surface area contributed by atoms with Crippen LogP contribution in [-0.2, 0) is 0 Å². The zero-order valence-corrected chi connectivity index (χ0v) is 13.0. The van der Waals surface area contributed by atoms with Gasteiger partial charge in [0, 0.05) is 24.7 Å². The lowest BCUT2D eigenvalue weighted by molar-refractivity contribution is 0.0168. The van der Waals surface area contributed by atoms with E-state index in [1.54, 1.807) is 0 Å². The van der Waals surface area contributed by atoms with Gasteiger partial charge in [-0.2, -0.15) is 0 Å². The number of rotatable bonds is 3. The summed E-state index contributed by atoms with van der Waals surface area (Å²) < 4.78 is 27.0. The molecule has 2 fully saturated rings. The molecule has 1 aromatic rings. The third kappa shape index (κ3) is 3.31. The maximum Gasteiger partial charge on any atom is 0.129 e. The van der Waals surface area contributed by atoms with Crippen molar-refractivity contribution < 1.29 is 13.9 Å². The van der Waals surface area contributed by atoms with Crippen LogP contribution < -0.4 is 0 Å². The molecular weight excluding hydrogens is 286 g/mol. The molecule has 1 aromatic carbocycles. The van der Waals surface area contributed by atoms with Crippen LogP contribution in [0.15, 0.2) is 18.2 Å². The van der Waals surface area contributed by atoms with Crippen molar-refractivity contribution in [2.24, 2.45) is 5.92 Å². The first-order chi connectivity index (χ1) is 10.5.